The van der Waals surface area contributed by atoms with Crippen molar-refractivity contribution in [2.24, 2.45) is 0 Å². The van der Waals surface area contributed by atoms with Gasteiger partial charge < -0.3 is 14.8 Å². The summed E-state index contributed by atoms with van der Waals surface area (Å²) in [6.07, 6.45) is -3.21. The standard InChI is InChI=1S/C17H18F2N4O7S/c1-5-30-17(26)13-7(2)10(16(25)29-4)15(31-13)20-9(24)6-22-8(3)12(23(27)28)11(21-22)14(18)19/h14H,5-6H2,1-4H3,(H,20,24). The summed E-state index contributed by atoms with van der Waals surface area (Å²) < 4.78 is 36.5. The molecule has 0 bridgehead atoms. The molecule has 1 amide bonds. The average Bonchev–Trinajstić information content (AvgIpc) is 3.18. The second kappa shape index (κ2) is 9.59. The number of anilines is 1. The Morgan fingerprint density at radius 3 is 2.42 bits per heavy atom. The summed E-state index contributed by atoms with van der Waals surface area (Å²) in [6.45, 7) is 3.70. The number of amides is 1. The molecule has 11 nitrogen and oxygen atoms in total. The largest absolute Gasteiger partial charge is 0.465 e. The Morgan fingerprint density at radius 1 is 1.29 bits per heavy atom. The van der Waals surface area contributed by atoms with Gasteiger partial charge in [0.2, 0.25) is 11.6 Å². The van der Waals surface area contributed by atoms with Gasteiger partial charge in [0, 0.05) is 0 Å². The molecule has 0 aliphatic heterocycles. The van der Waals surface area contributed by atoms with Gasteiger partial charge in [0.25, 0.3) is 6.43 Å². The summed E-state index contributed by atoms with van der Waals surface area (Å²) in [5.41, 5.74) is -2.01. The number of nitrogens with one attached hydrogen (secondary N) is 1. The fraction of sp³-hybridized carbons (Fsp3) is 0.412. The number of nitrogens with zero attached hydrogens (tertiary/aromatic N) is 3. The molecule has 0 aromatic carbocycles. The summed E-state index contributed by atoms with van der Waals surface area (Å²) >= 11 is 0.774. The molecule has 0 saturated carbocycles. The van der Waals surface area contributed by atoms with Crippen LogP contribution in [0.25, 0.3) is 0 Å². The molecule has 1 N–H and O–H groups in total. The highest BCUT2D eigenvalue weighted by Crippen LogP contribution is 2.35. The number of alkyl halides is 2. The Kier molecular flexibility index (Phi) is 7.38. The summed E-state index contributed by atoms with van der Waals surface area (Å²) in [7, 11) is 1.12. The van der Waals surface area contributed by atoms with E-state index in [2.05, 4.69) is 15.2 Å². The van der Waals surface area contributed by atoms with E-state index in [1.165, 1.54) is 13.8 Å². The number of esters is 2. The van der Waals surface area contributed by atoms with Crippen molar-refractivity contribution in [1.29, 1.82) is 0 Å². The third-order valence-corrected chi connectivity index (χ3v) is 5.32. The van der Waals surface area contributed by atoms with E-state index in [1.807, 2.05) is 0 Å². The van der Waals surface area contributed by atoms with Crippen LogP contribution < -0.4 is 5.32 Å². The fourth-order valence-electron chi connectivity index (χ4n) is 2.73. The Morgan fingerprint density at radius 2 is 1.94 bits per heavy atom. The molecule has 0 saturated heterocycles. The average molecular weight is 460 g/mol. The molecular weight excluding hydrogens is 442 g/mol. The predicted molar refractivity (Wildman–Crippen MR) is 104 cm³/mol. The summed E-state index contributed by atoms with van der Waals surface area (Å²) in [5.74, 6) is -2.33. The van der Waals surface area contributed by atoms with E-state index in [-0.39, 0.29) is 33.3 Å². The first-order valence-corrected chi connectivity index (χ1v) is 9.53. The summed E-state index contributed by atoms with van der Waals surface area (Å²) in [6, 6.07) is 0. The number of hydrogen-bond donors (Lipinski definition) is 1. The van der Waals surface area contributed by atoms with Crippen molar-refractivity contribution in [3.8, 4) is 0 Å². The van der Waals surface area contributed by atoms with Crippen molar-refractivity contribution < 1.29 is 37.6 Å². The number of carbonyl (C=O) groups excluding carboxylic acids is 3. The molecule has 168 valence electrons. The minimum atomic E-state index is -3.21. The normalized spacial score (nSPS) is 10.8. The molecule has 0 radical (unpaired) electrons. The Balaban J connectivity index is 2.37. The number of halogens is 2. The maximum absolute atomic E-state index is 13.1. The van der Waals surface area contributed by atoms with Crippen LogP contribution in [0.4, 0.5) is 19.5 Å². The SMILES string of the molecule is CCOC(=O)c1sc(NC(=O)Cn2nc(C(F)F)c([N+](=O)[O-])c2C)c(C(=O)OC)c1C. The van der Waals surface area contributed by atoms with Crippen molar-refractivity contribution in [2.45, 2.75) is 33.7 Å². The molecule has 0 aliphatic rings. The fourth-order valence-corrected chi connectivity index (χ4v) is 3.83. The molecular formula is C17H18F2N4O7S. The smallest absolute Gasteiger partial charge is 0.348 e. The number of hydrogen-bond acceptors (Lipinski definition) is 9. The second-order valence-corrected chi connectivity index (χ2v) is 7.08. The van der Waals surface area contributed by atoms with E-state index < -0.39 is 47.1 Å². The lowest BCUT2D eigenvalue weighted by atomic mass is 10.1. The van der Waals surface area contributed by atoms with Crippen LogP contribution in [0, 0.1) is 24.0 Å². The first-order chi connectivity index (χ1) is 14.5. The van der Waals surface area contributed by atoms with Gasteiger partial charge in [0.1, 0.15) is 22.1 Å². The van der Waals surface area contributed by atoms with E-state index in [4.69, 9.17) is 4.74 Å². The highest BCUT2D eigenvalue weighted by molar-refractivity contribution is 7.18. The predicted octanol–water partition coefficient (Wildman–Crippen LogP) is 3.01. The van der Waals surface area contributed by atoms with Crippen LogP contribution in [0.1, 0.15) is 50.3 Å². The van der Waals surface area contributed by atoms with Crippen LogP contribution in [0.15, 0.2) is 0 Å². The number of thiophene rings is 1. The number of methoxy groups -OCH3 is 1. The monoisotopic (exact) mass is 460 g/mol. The lowest BCUT2D eigenvalue weighted by Crippen LogP contribution is -2.21. The van der Waals surface area contributed by atoms with Gasteiger partial charge in [0.15, 0.2) is 0 Å². The number of ether oxygens (including phenoxy) is 2. The molecule has 2 aromatic heterocycles. The highest BCUT2D eigenvalue weighted by Gasteiger charge is 2.32. The molecule has 31 heavy (non-hydrogen) atoms. The molecule has 0 unspecified atom stereocenters. The van der Waals surface area contributed by atoms with Gasteiger partial charge in [-0.05, 0) is 26.3 Å². The number of carbonyl (C=O) groups is 3. The number of nitro groups is 1. The molecule has 14 heteroatoms. The Bertz CT molecular complexity index is 1050. The van der Waals surface area contributed by atoms with Crippen molar-refractivity contribution >= 4 is 39.9 Å². The third-order valence-electron chi connectivity index (χ3n) is 4.13. The van der Waals surface area contributed by atoms with Crippen molar-refractivity contribution in [1.82, 2.24) is 9.78 Å². The van der Waals surface area contributed by atoms with Crippen LogP contribution in [0.3, 0.4) is 0 Å². The molecule has 0 fully saturated rings. The van der Waals surface area contributed by atoms with Crippen LogP contribution in [0.5, 0.6) is 0 Å². The van der Waals surface area contributed by atoms with Crippen molar-refractivity contribution in [3.05, 3.63) is 37.5 Å². The highest BCUT2D eigenvalue weighted by atomic mass is 32.1. The molecule has 2 aromatic rings. The third kappa shape index (κ3) is 4.84. The maximum atomic E-state index is 13.1. The molecule has 2 rings (SSSR count). The first-order valence-electron chi connectivity index (χ1n) is 8.71. The summed E-state index contributed by atoms with van der Waals surface area (Å²) in [4.78, 5) is 46.9. The van der Waals surface area contributed by atoms with E-state index >= 15 is 0 Å². The summed E-state index contributed by atoms with van der Waals surface area (Å²) in [5, 5.41) is 16.9. The van der Waals surface area contributed by atoms with Gasteiger partial charge in [-0.25, -0.2) is 18.4 Å². The first kappa shape index (κ1) is 23.9. The van der Waals surface area contributed by atoms with E-state index in [0.717, 1.165) is 23.1 Å². The maximum Gasteiger partial charge on any atom is 0.348 e. The molecule has 2 heterocycles. The lowest BCUT2D eigenvalue weighted by Gasteiger charge is -2.07. The van der Waals surface area contributed by atoms with Crippen molar-refractivity contribution in [2.75, 3.05) is 19.0 Å². The number of rotatable bonds is 8. The van der Waals surface area contributed by atoms with E-state index in [0.29, 0.717) is 0 Å². The zero-order valence-electron chi connectivity index (χ0n) is 16.9. The minimum absolute atomic E-state index is 0.0224. The van der Waals surface area contributed by atoms with Gasteiger partial charge in [-0.1, -0.05) is 0 Å². The van der Waals surface area contributed by atoms with Gasteiger partial charge in [-0.2, -0.15) is 5.10 Å². The van der Waals surface area contributed by atoms with Gasteiger partial charge >= 0.3 is 17.6 Å². The van der Waals surface area contributed by atoms with Gasteiger partial charge in [-0.3, -0.25) is 19.6 Å². The minimum Gasteiger partial charge on any atom is -0.465 e. The van der Waals surface area contributed by atoms with Gasteiger partial charge in [-0.15, -0.1) is 11.3 Å². The second-order valence-electron chi connectivity index (χ2n) is 6.06. The van der Waals surface area contributed by atoms with Crippen LogP contribution in [0.2, 0.25) is 0 Å². The van der Waals surface area contributed by atoms with Crippen LogP contribution >= 0.6 is 11.3 Å². The molecule has 0 atom stereocenters. The molecule has 0 aliphatic carbocycles. The Hall–Kier alpha value is -3.42. The quantitative estimate of drug-likeness (QED) is 0.360. The number of aromatic nitrogens is 2. The lowest BCUT2D eigenvalue weighted by molar-refractivity contribution is -0.386. The van der Waals surface area contributed by atoms with E-state index in [9.17, 15) is 33.3 Å². The van der Waals surface area contributed by atoms with Crippen LogP contribution in [-0.4, -0.2) is 46.3 Å². The zero-order valence-corrected chi connectivity index (χ0v) is 17.7. The molecule has 0 spiro atoms. The zero-order chi connectivity index (χ0) is 23.5. The van der Waals surface area contributed by atoms with Crippen molar-refractivity contribution in [3.63, 3.8) is 0 Å². The van der Waals surface area contributed by atoms with Crippen LogP contribution in [-0.2, 0) is 20.8 Å². The van der Waals surface area contributed by atoms with E-state index in [1.54, 1.807) is 6.92 Å². The van der Waals surface area contributed by atoms with Gasteiger partial charge in [0.05, 0.1) is 24.2 Å². The topological polar surface area (TPSA) is 143 Å². The Labute approximate surface area is 178 Å².